The number of hydrogen-bond acceptors (Lipinski definition) is 4. The lowest BCUT2D eigenvalue weighted by atomic mass is 10.1. The maximum atomic E-state index is 12.4. The van der Waals surface area contributed by atoms with Crippen LogP contribution in [-0.2, 0) is 11.3 Å². The second-order valence-electron chi connectivity index (χ2n) is 4.89. The van der Waals surface area contributed by atoms with Crippen molar-refractivity contribution in [2.75, 3.05) is 12.0 Å². The molecule has 1 amide bonds. The molecular formula is C15H15N2O3S+. The fraction of sp³-hybridized carbons (Fsp3) is 0.267. The fourth-order valence-corrected chi connectivity index (χ4v) is 3.19. The van der Waals surface area contributed by atoms with E-state index < -0.39 is 5.92 Å². The van der Waals surface area contributed by atoms with E-state index in [2.05, 4.69) is 0 Å². The Labute approximate surface area is 126 Å². The molecule has 3 rings (SSSR count). The molecule has 1 aliphatic rings. The lowest BCUT2D eigenvalue weighted by Crippen LogP contribution is -2.58. The molecule has 1 aromatic carbocycles. The van der Waals surface area contributed by atoms with Gasteiger partial charge in [0.25, 0.3) is 0 Å². The average molecular weight is 303 g/mol. The smallest absolute Gasteiger partial charge is 0.351 e. The van der Waals surface area contributed by atoms with E-state index in [1.807, 2.05) is 29.6 Å². The number of benzene rings is 1. The lowest BCUT2D eigenvalue weighted by molar-refractivity contribution is -0.560. The van der Waals surface area contributed by atoms with Gasteiger partial charge in [-0.15, -0.1) is 0 Å². The Hall–Kier alpha value is -2.21. The summed E-state index contributed by atoms with van der Waals surface area (Å²) >= 11 is 1.39. The molecule has 21 heavy (non-hydrogen) atoms. The van der Waals surface area contributed by atoms with Crippen LogP contribution in [-0.4, -0.2) is 18.9 Å². The van der Waals surface area contributed by atoms with Gasteiger partial charge in [-0.25, -0.2) is 9.59 Å². The zero-order chi connectivity index (χ0) is 15.0. The predicted molar refractivity (Wildman–Crippen MR) is 78.5 cm³/mol. The Morgan fingerprint density at radius 1 is 1.29 bits per heavy atom. The summed E-state index contributed by atoms with van der Waals surface area (Å²) in [6.07, 6.45) is 1.71. The quantitative estimate of drug-likeness (QED) is 0.642. The topological polar surface area (TPSA) is 50.5 Å². The van der Waals surface area contributed by atoms with Crippen molar-refractivity contribution in [1.29, 1.82) is 0 Å². The maximum Gasteiger partial charge on any atom is 0.351 e. The van der Waals surface area contributed by atoms with Gasteiger partial charge in [0.15, 0.2) is 5.92 Å². The van der Waals surface area contributed by atoms with E-state index in [1.165, 1.54) is 11.3 Å². The van der Waals surface area contributed by atoms with Gasteiger partial charge >= 0.3 is 16.9 Å². The van der Waals surface area contributed by atoms with Gasteiger partial charge in [0.05, 0.1) is 7.11 Å². The van der Waals surface area contributed by atoms with Crippen molar-refractivity contribution in [2.24, 2.45) is 5.92 Å². The molecule has 1 unspecified atom stereocenters. The van der Waals surface area contributed by atoms with Crippen molar-refractivity contribution < 1.29 is 18.9 Å². The Bertz CT molecular complexity index is 693. The first-order valence-corrected chi connectivity index (χ1v) is 7.47. The molecule has 1 aromatic heterocycles. The van der Waals surface area contributed by atoms with Crippen molar-refractivity contribution >= 4 is 28.3 Å². The lowest BCUT2D eigenvalue weighted by Gasteiger charge is -2.21. The predicted octanol–water partition coefficient (Wildman–Crippen LogP) is 1.87. The minimum absolute atomic E-state index is 0.154. The third-order valence-corrected chi connectivity index (χ3v) is 4.45. The van der Waals surface area contributed by atoms with E-state index in [-0.39, 0.29) is 11.8 Å². The Balaban J connectivity index is 1.92. The van der Waals surface area contributed by atoms with Crippen LogP contribution in [0.5, 0.6) is 5.75 Å². The number of anilines is 1. The number of hydrogen-bond donors (Lipinski definition) is 0. The summed E-state index contributed by atoms with van der Waals surface area (Å²) in [6.45, 7) is 2.10. The molecule has 1 aliphatic heterocycles. The number of ether oxygens (including phenoxy) is 1. The van der Waals surface area contributed by atoms with Crippen LogP contribution in [0.25, 0.3) is 0 Å². The average Bonchev–Trinajstić information content (AvgIpc) is 2.99. The van der Waals surface area contributed by atoms with Crippen LogP contribution in [0.2, 0.25) is 0 Å². The number of methoxy groups -OCH3 is 1. The third kappa shape index (κ3) is 2.31. The molecule has 2 aromatic rings. The van der Waals surface area contributed by atoms with E-state index in [0.29, 0.717) is 11.7 Å². The Kier molecular flexibility index (Phi) is 3.47. The largest absolute Gasteiger partial charge is 0.497 e. The number of amides is 1. The molecule has 0 saturated heterocycles. The minimum atomic E-state index is -0.643. The van der Waals surface area contributed by atoms with Crippen molar-refractivity contribution in [3.05, 3.63) is 41.4 Å². The van der Waals surface area contributed by atoms with Crippen LogP contribution in [0, 0.1) is 5.92 Å². The van der Waals surface area contributed by atoms with E-state index >= 15 is 0 Å². The highest BCUT2D eigenvalue weighted by Gasteiger charge is 2.45. The molecular weight excluding hydrogens is 288 g/mol. The second kappa shape index (κ2) is 5.29. The number of aromatic nitrogens is 1. The molecule has 6 heteroatoms. The van der Waals surface area contributed by atoms with E-state index in [1.54, 1.807) is 29.7 Å². The highest BCUT2D eigenvalue weighted by atomic mass is 32.1. The molecule has 2 heterocycles. The van der Waals surface area contributed by atoms with Gasteiger partial charge in [0.1, 0.15) is 18.5 Å². The monoisotopic (exact) mass is 303 g/mol. The molecule has 0 bridgehead atoms. The highest BCUT2D eigenvalue weighted by Crippen LogP contribution is 2.25. The first-order valence-electron chi connectivity index (χ1n) is 6.59. The summed E-state index contributed by atoms with van der Waals surface area (Å²) in [5.41, 5.74) is 0.991. The summed E-state index contributed by atoms with van der Waals surface area (Å²) < 4.78 is 6.68. The molecule has 1 atom stereocenters. The van der Waals surface area contributed by atoms with Gasteiger partial charge in [0, 0.05) is 5.38 Å². The number of nitrogens with zero attached hydrogens (tertiary/aromatic N) is 2. The van der Waals surface area contributed by atoms with Crippen LogP contribution < -0.4 is 14.2 Å². The van der Waals surface area contributed by atoms with E-state index in [4.69, 9.17) is 4.74 Å². The molecule has 0 N–H and O–H groups in total. The molecule has 0 spiro atoms. The second-order valence-corrected chi connectivity index (χ2v) is 5.76. The number of rotatable bonds is 3. The van der Waals surface area contributed by atoms with Crippen molar-refractivity contribution in [3.63, 3.8) is 0 Å². The van der Waals surface area contributed by atoms with Gasteiger partial charge in [-0.1, -0.05) is 23.5 Å². The number of fused-ring (bicyclic) bond motifs is 1. The number of carbonyl (C=O) groups is 2. The zero-order valence-corrected chi connectivity index (χ0v) is 12.6. The summed E-state index contributed by atoms with van der Waals surface area (Å²) in [5.74, 6) is -0.186. The summed E-state index contributed by atoms with van der Waals surface area (Å²) in [6, 6.07) is 7.57. The molecule has 0 saturated carbocycles. The van der Waals surface area contributed by atoms with Crippen molar-refractivity contribution in [2.45, 2.75) is 13.5 Å². The van der Waals surface area contributed by atoms with E-state index in [0.717, 1.165) is 11.3 Å². The highest BCUT2D eigenvalue weighted by molar-refractivity contribution is 7.13. The summed E-state index contributed by atoms with van der Waals surface area (Å²) in [7, 11) is 1.62. The standard InChI is InChI=1S/C15H15N2O3S/c1-10-13(18)16-7-8-21-15(16)17(14(10)19)9-11-3-5-12(20-2)6-4-11/h3-8,10H,9H2,1-2H3/q+1. The molecule has 5 nitrogen and oxygen atoms in total. The summed E-state index contributed by atoms with van der Waals surface area (Å²) in [5, 5.41) is 2.48. The molecule has 0 aliphatic carbocycles. The molecule has 0 fully saturated rings. The van der Waals surface area contributed by atoms with Crippen LogP contribution in [0.1, 0.15) is 17.3 Å². The van der Waals surface area contributed by atoms with E-state index in [9.17, 15) is 9.59 Å². The van der Waals surface area contributed by atoms with Gasteiger partial charge in [0.2, 0.25) is 0 Å². The van der Waals surface area contributed by atoms with Crippen LogP contribution in [0.4, 0.5) is 5.13 Å². The number of thiazole rings is 1. The van der Waals surface area contributed by atoms with Gasteiger partial charge in [-0.2, -0.15) is 9.47 Å². The van der Waals surface area contributed by atoms with Gasteiger partial charge in [-0.05, 0) is 24.6 Å². The SMILES string of the molecule is COc1ccc(CN2C(=O)C(C)C(=O)[n+]3ccsc32)cc1. The third-order valence-electron chi connectivity index (χ3n) is 3.56. The first-order chi connectivity index (χ1) is 10.1. The van der Waals surface area contributed by atoms with Gasteiger partial charge in [-0.3, -0.25) is 0 Å². The van der Waals surface area contributed by atoms with Gasteiger partial charge < -0.3 is 4.74 Å². The van der Waals surface area contributed by atoms with Crippen molar-refractivity contribution in [3.8, 4) is 5.75 Å². The van der Waals surface area contributed by atoms with Crippen LogP contribution in [0.3, 0.4) is 0 Å². The van der Waals surface area contributed by atoms with Crippen LogP contribution in [0.15, 0.2) is 35.8 Å². The first kappa shape index (κ1) is 13.8. The summed E-state index contributed by atoms with van der Waals surface area (Å²) in [4.78, 5) is 26.1. The molecule has 0 radical (unpaired) electrons. The maximum absolute atomic E-state index is 12.4. The Morgan fingerprint density at radius 2 is 2.00 bits per heavy atom. The zero-order valence-electron chi connectivity index (χ0n) is 11.8. The van der Waals surface area contributed by atoms with Crippen LogP contribution >= 0.6 is 11.3 Å². The number of carbonyl (C=O) groups excluding carboxylic acids is 2. The fourth-order valence-electron chi connectivity index (χ4n) is 2.34. The normalized spacial score (nSPS) is 17.8. The Morgan fingerprint density at radius 3 is 2.67 bits per heavy atom. The molecule has 108 valence electrons. The van der Waals surface area contributed by atoms with Crippen molar-refractivity contribution in [1.82, 2.24) is 0 Å². The minimum Gasteiger partial charge on any atom is -0.497 e.